The lowest BCUT2D eigenvalue weighted by Gasteiger charge is -2.25. The summed E-state index contributed by atoms with van der Waals surface area (Å²) in [5.41, 5.74) is 0.788. The van der Waals surface area contributed by atoms with Crippen LogP contribution in [0, 0.1) is 5.92 Å². The second-order valence-electron chi connectivity index (χ2n) is 8.20. The predicted octanol–water partition coefficient (Wildman–Crippen LogP) is 2.99. The molecule has 0 radical (unpaired) electrons. The molecule has 1 aliphatic carbocycles. The third-order valence-corrected chi connectivity index (χ3v) is 9.32. The zero-order valence-corrected chi connectivity index (χ0v) is 17.7. The van der Waals surface area contributed by atoms with Gasteiger partial charge in [-0.2, -0.15) is 4.99 Å². The summed E-state index contributed by atoms with van der Waals surface area (Å²) in [5.74, 6) is 1.82. The van der Waals surface area contributed by atoms with Crippen LogP contribution in [0.1, 0.15) is 38.5 Å². The molecule has 156 valence electrons. The summed E-state index contributed by atoms with van der Waals surface area (Å²) in [6, 6.07) is 5.33. The third kappa shape index (κ3) is 3.86. The summed E-state index contributed by atoms with van der Waals surface area (Å²) in [7, 11) is -3.09. The molecule has 1 amide bonds. The van der Waals surface area contributed by atoms with Gasteiger partial charge >= 0.3 is 0 Å². The largest absolute Gasteiger partial charge is 0.454 e. The highest BCUT2D eigenvalue weighted by Gasteiger charge is 2.49. The molecule has 0 unspecified atom stereocenters. The Bertz CT molecular complexity index is 956. The van der Waals surface area contributed by atoms with Crippen LogP contribution in [0.25, 0.3) is 0 Å². The first-order valence-electron chi connectivity index (χ1n) is 10.2. The maximum atomic E-state index is 12.7. The number of fused-ring (bicyclic) bond motifs is 2. The van der Waals surface area contributed by atoms with Crippen molar-refractivity contribution in [1.82, 2.24) is 0 Å². The van der Waals surface area contributed by atoms with Crippen LogP contribution in [0.3, 0.4) is 0 Å². The minimum absolute atomic E-state index is 0.0783. The van der Waals surface area contributed by atoms with Crippen LogP contribution in [0.2, 0.25) is 0 Å². The summed E-state index contributed by atoms with van der Waals surface area (Å²) >= 11 is 1.41. The van der Waals surface area contributed by atoms with Gasteiger partial charge in [-0.3, -0.25) is 4.79 Å². The average Bonchev–Trinajstić information content (AvgIpc) is 3.33. The molecule has 1 aromatic rings. The van der Waals surface area contributed by atoms with Crippen LogP contribution in [0.15, 0.2) is 23.2 Å². The SMILES string of the molecule is O=C(CC1CCCCC1)N=C1S[C@@H]2CS(=O)(=O)C[C@H]2N1c1ccc2c(c1)OCO2. The van der Waals surface area contributed by atoms with Crippen LogP contribution in [-0.4, -0.2) is 49.1 Å². The second-order valence-corrected chi connectivity index (χ2v) is 11.6. The number of rotatable bonds is 3. The standard InChI is InChI=1S/C20H24N2O5S2/c23-19(8-13-4-2-1-3-5-13)21-20-22(15-10-29(24,25)11-18(15)28-20)14-6-7-16-17(9-14)27-12-26-16/h6-7,9,13,15,18H,1-5,8,10-12H2/t15-,18-/m1/s1. The van der Waals surface area contributed by atoms with E-state index in [4.69, 9.17) is 9.47 Å². The highest BCUT2D eigenvalue weighted by atomic mass is 32.2. The fourth-order valence-corrected chi connectivity index (χ4v) is 8.62. The van der Waals surface area contributed by atoms with Gasteiger partial charge in [0.05, 0.1) is 17.5 Å². The molecule has 3 heterocycles. The van der Waals surface area contributed by atoms with E-state index < -0.39 is 9.84 Å². The molecular weight excluding hydrogens is 412 g/mol. The number of carbonyl (C=O) groups excluding carboxylic acids is 1. The lowest BCUT2D eigenvalue weighted by molar-refractivity contribution is -0.118. The zero-order chi connectivity index (χ0) is 20.0. The Labute approximate surface area is 174 Å². The zero-order valence-electron chi connectivity index (χ0n) is 16.1. The van der Waals surface area contributed by atoms with Gasteiger partial charge in [-0.05, 0) is 30.9 Å². The van der Waals surface area contributed by atoms with Crippen LogP contribution >= 0.6 is 11.8 Å². The summed E-state index contributed by atoms with van der Waals surface area (Å²) in [6.45, 7) is 0.175. The van der Waals surface area contributed by atoms with E-state index in [9.17, 15) is 13.2 Å². The number of benzene rings is 1. The smallest absolute Gasteiger partial charge is 0.248 e. The summed E-state index contributed by atoms with van der Waals surface area (Å²) in [6.07, 6.45) is 6.30. The first-order chi connectivity index (χ1) is 14.0. The molecule has 7 nitrogen and oxygen atoms in total. The number of amidine groups is 1. The summed E-state index contributed by atoms with van der Waals surface area (Å²) < 4.78 is 35.3. The Morgan fingerprint density at radius 3 is 2.76 bits per heavy atom. The minimum Gasteiger partial charge on any atom is -0.454 e. The molecule has 0 bridgehead atoms. The van der Waals surface area contributed by atoms with Crippen molar-refractivity contribution in [3.63, 3.8) is 0 Å². The van der Waals surface area contributed by atoms with E-state index in [1.54, 1.807) is 0 Å². The van der Waals surface area contributed by atoms with Crippen molar-refractivity contribution in [1.29, 1.82) is 0 Å². The van der Waals surface area contributed by atoms with Crippen molar-refractivity contribution in [2.75, 3.05) is 23.2 Å². The maximum absolute atomic E-state index is 12.7. The molecule has 1 saturated carbocycles. The number of hydrogen-bond donors (Lipinski definition) is 0. The monoisotopic (exact) mass is 436 g/mol. The Morgan fingerprint density at radius 1 is 1.14 bits per heavy atom. The van der Waals surface area contributed by atoms with E-state index >= 15 is 0 Å². The Morgan fingerprint density at radius 2 is 1.93 bits per heavy atom. The van der Waals surface area contributed by atoms with Gasteiger partial charge in [-0.15, -0.1) is 0 Å². The second kappa shape index (κ2) is 7.50. The fraction of sp³-hybridized carbons (Fsp3) is 0.600. The van der Waals surface area contributed by atoms with E-state index in [0.717, 1.165) is 18.5 Å². The number of carbonyl (C=O) groups is 1. The average molecular weight is 437 g/mol. The van der Waals surface area contributed by atoms with E-state index in [2.05, 4.69) is 4.99 Å². The number of ether oxygens (including phenoxy) is 2. The molecule has 5 rings (SSSR count). The van der Waals surface area contributed by atoms with Gasteiger partial charge in [0.15, 0.2) is 26.5 Å². The van der Waals surface area contributed by atoms with Gasteiger partial charge in [0, 0.05) is 23.4 Å². The van der Waals surface area contributed by atoms with E-state index in [-0.39, 0.29) is 35.5 Å². The molecular formula is C20H24N2O5S2. The quantitative estimate of drug-likeness (QED) is 0.720. The molecule has 3 aliphatic heterocycles. The summed E-state index contributed by atoms with van der Waals surface area (Å²) in [5, 5.41) is 0.501. The number of aliphatic imine (C=N–C) groups is 1. The molecule has 29 heavy (non-hydrogen) atoms. The Hall–Kier alpha value is -1.74. The van der Waals surface area contributed by atoms with Crippen LogP contribution in [0.4, 0.5) is 5.69 Å². The molecule has 2 saturated heterocycles. The fourth-order valence-electron chi connectivity index (χ4n) is 4.69. The van der Waals surface area contributed by atoms with Crippen molar-refractivity contribution in [3.8, 4) is 11.5 Å². The third-order valence-electron chi connectivity index (χ3n) is 6.11. The van der Waals surface area contributed by atoms with Crippen molar-refractivity contribution in [3.05, 3.63) is 18.2 Å². The van der Waals surface area contributed by atoms with Gasteiger partial charge in [0.25, 0.3) is 0 Å². The number of nitrogens with zero attached hydrogens (tertiary/aromatic N) is 2. The van der Waals surface area contributed by atoms with Crippen molar-refractivity contribution >= 4 is 38.4 Å². The molecule has 0 spiro atoms. The minimum atomic E-state index is -3.09. The molecule has 0 N–H and O–H groups in total. The first kappa shape index (κ1) is 19.2. The van der Waals surface area contributed by atoms with Crippen LogP contribution in [-0.2, 0) is 14.6 Å². The Kier molecular flexibility index (Phi) is 4.98. The van der Waals surface area contributed by atoms with Gasteiger partial charge in [0.2, 0.25) is 12.7 Å². The molecule has 3 fully saturated rings. The van der Waals surface area contributed by atoms with Gasteiger partial charge in [0.1, 0.15) is 0 Å². The van der Waals surface area contributed by atoms with E-state index in [1.165, 1.54) is 31.0 Å². The number of hydrogen-bond acceptors (Lipinski definition) is 6. The topological polar surface area (TPSA) is 85.3 Å². The van der Waals surface area contributed by atoms with Gasteiger partial charge < -0.3 is 14.4 Å². The molecule has 9 heteroatoms. The Balaban J connectivity index is 1.43. The lowest BCUT2D eigenvalue weighted by Crippen LogP contribution is -2.37. The van der Waals surface area contributed by atoms with E-state index in [0.29, 0.717) is 29.0 Å². The highest BCUT2D eigenvalue weighted by molar-refractivity contribution is 8.16. The first-order valence-corrected chi connectivity index (χ1v) is 12.9. The van der Waals surface area contributed by atoms with Gasteiger partial charge in [-0.25, -0.2) is 8.42 Å². The normalized spacial score (nSPS) is 29.4. The predicted molar refractivity (Wildman–Crippen MR) is 112 cm³/mol. The van der Waals surface area contributed by atoms with Crippen molar-refractivity contribution < 1.29 is 22.7 Å². The number of sulfone groups is 1. The molecule has 4 aliphatic rings. The lowest BCUT2D eigenvalue weighted by atomic mass is 9.87. The van der Waals surface area contributed by atoms with Crippen LogP contribution < -0.4 is 14.4 Å². The van der Waals surface area contributed by atoms with Crippen molar-refractivity contribution in [2.24, 2.45) is 10.9 Å². The van der Waals surface area contributed by atoms with Gasteiger partial charge in [-0.1, -0.05) is 31.0 Å². The number of amides is 1. The van der Waals surface area contributed by atoms with Crippen LogP contribution in [0.5, 0.6) is 11.5 Å². The molecule has 0 aromatic heterocycles. The number of thioether (sulfide) groups is 1. The molecule has 1 aromatic carbocycles. The summed E-state index contributed by atoms with van der Waals surface area (Å²) in [4.78, 5) is 19.1. The number of anilines is 1. The molecule has 2 atom stereocenters. The van der Waals surface area contributed by atoms with E-state index in [1.807, 2.05) is 23.1 Å². The highest BCUT2D eigenvalue weighted by Crippen LogP contribution is 2.44. The van der Waals surface area contributed by atoms with Crippen molar-refractivity contribution in [2.45, 2.75) is 49.8 Å². The maximum Gasteiger partial charge on any atom is 0.248 e.